The summed E-state index contributed by atoms with van der Waals surface area (Å²) in [7, 11) is 0. The Morgan fingerprint density at radius 2 is 2.00 bits per heavy atom. The Kier molecular flexibility index (Phi) is 3.76. The SMILES string of the molecule is Nc1ccc(Cl)c(SCc2ccc(N)nc2)c1. The molecular weight excluding hydrogens is 254 g/mol. The smallest absolute Gasteiger partial charge is 0.123 e. The van der Waals surface area contributed by atoms with Crippen molar-refractivity contribution in [2.75, 3.05) is 11.5 Å². The third-order valence-corrected chi connectivity index (χ3v) is 3.77. The van der Waals surface area contributed by atoms with Gasteiger partial charge in [0, 0.05) is 22.5 Å². The molecule has 17 heavy (non-hydrogen) atoms. The summed E-state index contributed by atoms with van der Waals surface area (Å²) in [4.78, 5) is 5.01. The van der Waals surface area contributed by atoms with Gasteiger partial charge in [0.1, 0.15) is 5.82 Å². The summed E-state index contributed by atoms with van der Waals surface area (Å²) >= 11 is 7.70. The molecular formula is C12H12ClN3S. The van der Waals surface area contributed by atoms with E-state index in [0.717, 1.165) is 16.2 Å². The molecule has 1 aromatic carbocycles. The number of nitrogens with two attached hydrogens (primary N) is 2. The van der Waals surface area contributed by atoms with E-state index >= 15 is 0 Å². The van der Waals surface area contributed by atoms with Crippen molar-refractivity contribution in [2.45, 2.75) is 10.6 Å². The van der Waals surface area contributed by atoms with Crippen LogP contribution in [0.2, 0.25) is 5.02 Å². The van der Waals surface area contributed by atoms with Crippen LogP contribution in [0.1, 0.15) is 5.56 Å². The molecule has 0 saturated heterocycles. The highest BCUT2D eigenvalue weighted by molar-refractivity contribution is 7.98. The van der Waals surface area contributed by atoms with Gasteiger partial charge in [-0.1, -0.05) is 17.7 Å². The van der Waals surface area contributed by atoms with Gasteiger partial charge in [0.05, 0.1) is 5.02 Å². The highest BCUT2D eigenvalue weighted by Gasteiger charge is 2.02. The molecule has 1 aromatic heterocycles. The number of hydrogen-bond acceptors (Lipinski definition) is 4. The number of anilines is 2. The maximum absolute atomic E-state index is 6.08. The first-order valence-corrected chi connectivity index (χ1v) is 6.40. The van der Waals surface area contributed by atoms with Crippen LogP contribution >= 0.6 is 23.4 Å². The number of nitrogen functional groups attached to an aromatic ring is 2. The van der Waals surface area contributed by atoms with Gasteiger partial charge < -0.3 is 11.5 Å². The van der Waals surface area contributed by atoms with Gasteiger partial charge in [-0.05, 0) is 29.8 Å². The first-order valence-electron chi connectivity index (χ1n) is 5.03. The van der Waals surface area contributed by atoms with E-state index in [1.807, 2.05) is 12.1 Å². The number of thioether (sulfide) groups is 1. The molecule has 88 valence electrons. The minimum atomic E-state index is 0.528. The summed E-state index contributed by atoms with van der Waals surface area (Å²) < 4.78 is 0. The van der Waals surface area contributed by atoms with Crippen LogP contribution in [0.25, 0.3) is 0 Å². The van der Waals surface area contributed by atoms with E-state index in [1.165, 1.54) is 0 Å². The highest BCUT2D eigenvalue weighted by atomic mass is 35.5. The molecule has 0 amide bonds. The fourth-order valence-corrected chi connectivity index (χ4v) is 2.51. The van der Waals surface area contributed by atoms with Crippen LogP contribution in [-0.2, 0) is 5.75 Å². The second-order valence-corrected chi connectivity index (χ2v) is 4.99. The van der Waals surface area contributed by atoms with Crippen LogP contribution < -0.4 is 11.5 Å². The number of hydrogen-bond donors (Lipinski definition) is 2. The molecule has 0 aliphatic carbocycles. The van der Waals surface area contributed by atoms with Crippen molar-refractivity contribution in [3.8, 4) is 0 Å². The van der Waals surface area contributed by atoms with Gasteiger partial charge in [-0.2, -0.15) is 0 Å². The summed E-state index contributed by atoms with van der Waals surface area (Å²) in [5, 5.41) is 0.715. The summed E-state index contributed by atoms with van der Waals surface area (Å²) in [6.45, 7) is 0. The standard InChI is InChI=1S/C12H12ClN3S/c13-10-3-2-9(14)5-11(10)17-7-8-1-4-12(15)16-6-8/h1-6H,7,14H2,(H2,15,16). The zero-order valence-corrected chi connectivity index (χ0v) is 10.6. The van der Waals surface area contributed by atoms with Crippen molar-refractivity contribution < 1.29 is 0 Å². The van der Waals surface area contributed by atoms with Crippen LogP contribution in [0, 0.1) is 0 Å². The van der Waals surface area contributed by atoms with E-state index in [2.05, 4.69) is 4.98 Å². The third kappa shape index (κ3) is 3.28. The van der Waals surface area contributed by atoms with Gasteiger partial charge in [-0.15, -0.1) is 11.8 Å². The van der Waals surface area contributed by atoms with Crippen LogP contribution in [0.3, 0.4) is 0 Å². The van der Waals surface area contributed by atoms with Gasteiger partial charge in [-0.3, -0.25) is 0 Å². The van der Waals surface area contributed by atoms with Crippen molar-refractivity contribution in [3.05, 3.63) is 47.1 Å². The number of benzene rings is 1. The average molecular weight is 266 g/mol. The van der Waals surface area contributed by atoms with E-state index in [4.69, 9.17) is 23.1 Å². The van der Waals surface area contributed by atoms with Crippen LogP contribution in [0.15, 0.2) is 41.4 Å². The van der Waals surface area contributed by atoms with Gasteiger partial charge in [0.2, 0.25) is 0 Å². The summed E-state index contributed by atoms with van der Waals surface area (Å²) in [5.74, 6) is 1.32. The van der Waals surface area contributed by atoms with E-state index < -0.39 is 0 Å². The van der Waals surface area contributed by atoms with E-state index in [9.17, 15) is 0 Å². The molecule has 0 aliphatic rings. The zero-order valence-electron chi connectivity index (χ0n) is 9.06. The zero-order chi connectivity index (χ0) is 12.3. The molecule has 0 unspecified atom stereocenters. The molecule has 0 atom stereocenters. The summed E-state index contributed by atoms with van der Waals surface area (Å²) in [6.07, 6.45) is 1.77. The predicted octanol–water partition coefficient (Wildman–Crippen LogP) is 3.19. The fourth-order valence-electron chi connectivity index (χ4n) is 1.31. The Balaban J connectivity index is 2.07. The molecule has 0 saturated carbocycles. The van der Waals surface area contributed by atoms with Crippen molar-refractivity contribution in [2.24, 2.45) is 0 Å². The molecule has 0 spiro atoms. The number of nitrogens with zero attached hydrogens (tertiary/aromatic N) is 1. The van der Waals surface area contributed by atoms with Crippen LogP contribution in [0.5, 0.6) is 0 Å². The Morgan fingerprint density at radius 3 is 2.71 bits per heavy atom. The van der Waals surface area contributed by atoms with E-state index in [0.29, 0.717) is 16.5 Å². The first-order chi connectivity index (χ1) is 8.15. The molecule has 0 aliphatic heterocycles. The molecule has 0 fully saturated rings. The summed E-state index contributed by atoms with van der Waals surface area (Å²) in [5.41, 5.74) is 13.1. The third-order valence-electron chi connectivity index (χ3n) is 2.20. The maximum Gasteiger partial charge on any atom is 0.123 e. The van der Waals surface area contributed by atoms with Crippen molar-refractivity contribution in [1.82, 2.24) is 4.98 Å². The van der Waals surface area contributed by atoms with Gasteiger partial charge >= 0.3 is 0 Å². The van der Waals surface area contributed by atoms with Crippen molar-refractivity contribution in [3.63, 3.8) is 0 Å². The van der Waals surface area contributed by atoms with E-state index in [1.54, 1.807) is 36.2 Å². The molecule has 5 heteroatoms. The second-order valence-electron chi connectivity index (χ2n) is 3.57. The Labute approximate surface area is 109 Å². The first kappa shape index (κ1) is 12.1. The number of rotatable bonds is 3. The van der Waals surface area contributed by atoms with Crippen LogP contribution in [0.4, 0.5) is 11.5 Å². The number of pyridine rings is 1. The summed E-state index contributed by atoms with van der Waals surface area (Å²) in [6, 6.07) is 9.21. The van der Waals surface area contributed by atoms with Gasteiger partial charge in [0.25, 0.3) is 0 Å². The Bertz CT molecular complexity index is 514. The molecule has 3 nitrogen and oxygen atoms in total. The fraction of sp³-hybridized carbons (Fsp3) is 0.0833. The van der Waals surface area contributed by atoms with Gasteiger partial charge in [0.15, 0.2) is 0 Å². The monoisotopic (exact) mass is 265 g/mol. The quantitative estimate of drug-likeness (QED) is 0.661. The van der Waals surface area contributed by atoms with Crippen molar-refractivity contribution >= 4 is 34.9 Å². The average Bonchev–Trinajstić information content (AvgIpc) is 2.32. The lowest BCUT2D eigenvalue weighted by atomic mass is 10.3. The lowest BCUT2D eigenvalue weighted by Gasteiger charge is -2.05. The minimum Gasteiger partial charge on any atom is -0.399 e. The number of halogens is 1. The Morgan fingerprint density at radius 1 is 1.18 bits per heavy atom. The molecule has 0 bridgehead atoms. The largest absolute Gasteiger partial charge is 0.399 e. The second kappa shape index (κ2) is 5.29. The Hall–Kier alpha value is -1.39. The van der Waals surface area contributed by atoms with E-state index in [-0.39, 0.29) is 0 Å². The molecule has 1 heterocycles. The van der Waals surface area contributed by atoms with Gasteiger partial charge in [-0.25, -0.2) is 4.98 Å². The van der Waals surface area contributed by atoms with Crippen molar-refractivity contribution in [1.29, 1.82) is 0 Å². The normalized spacial score (nSPS) is 10.4. The molecule has 0 radical (unpaired) electrons. The number of aromatic nitrogens is 1. The molecule has 4 N–H and O–H groups in total. The lowest BCUT2D eigenvalue weighted by Crippen LogP contribution is -1.90. The maximum atomic E-state index is 6.08. The molecule has 2 aromatic rings. The highest BCUT2D eigenvalue weighted by Crippen LogP contribution is 2.31. The topological polar surface area (TPSA) is 64.9 Å². The van der Waals surface area contributed by atoms with Crippen LogP contribution in [-0.4, -0.2) is 4.98 Å². The lowest BCUT2D eigenvalue weighted by molar-refractivity contribution is 1.26. The molecule has 2 rings (SSSR count). The minimum absolute atomic E-state index is 0.528. The predicted molar refractivity (Wildman–Crippen MR) is 74.1 cm³/mol.